The van der Waals surface area contributed by atoms with E-state index in [4.69, 9.17) is 14.4 Å². The smallest absolute Gasteiger partial charge is 0.160 e. The van der Waals surface area contributed by atoms with E-state index in [-0.39, 0.29) is 0 Å². The van der Waals surface area contributed by atoms with Crippen LogP contribution in [0.1, 0.15) is 0 Å². The Morgan fingerprint density at radius 2 is 1.06 bits per heavy atom. The molecule has 0 atom stereocenters. The highest BCUT2D eigenvalue weighted by Crippen LogP contribution is 2.42. The summed E-state index contributed by atoms with van der Waals surface area (Å²) in [4.78, 5) is 10.3. The van der Waals surface area contributed by atoms with Crippen LogP contribution in [0.25, 0.3) is 99.3 Å². The normalized spacial score (nSPS) is 11.7. The molecule has 0 radical (unpaired) electrons. The van der Waals surface area contributed by atoms with Gasteiger partial charge < -0.3 is 4.42 Å². The van der Waals surface area contributed by atoms with Gasteiger partial charge >= 0.3 is 0 Å². The monoisotopic (exact) mass is 624 g/mol. The topological polar surface area (TPSA) is 38.9 Å². The average molecular weight is 625 g/mol. The molecule has 3 heteroatoms. The molecular formula is C46H28N2O. The van der Waals surface area contributed by atoms with E-state index < -0.39 is 0 Å². The predicted molar refractivity (Wildman–Crippen MR) is 204 cm³/mol. The van der Waals surface area contributed by atoms with Gasteiger partial charge in [-0.1, -0.05) is 140 Å². The molecule has 2 aromatic heterocycles. The maximum atomic E-state index is 6.77. The highest BCUT2D eigenvalue weighted by Gasteiger charge is 2.19. The SMILES string of the molecule is c1ccc(-c2nc(-c3cc(-c4ccc(-c5ccc6ccccc6c5)cc4)c4c(c3)oc3c5ccccc5ccc34)nc3ccccc23)cc1. The largest absolute Gasteiger partial charge is 0.455 e. The Morgan fingerprint density at radius 3 is 1.92 bits per heavy atom. The zero-order valence-electron chi connectivity index (χ0n) is 26.5. The minimum atomic E-state index is 0.666. The molecule has 0 N–H and O–H groups in total. The molecule has 0 bridgehead atoms. The third kappa shape index (κ3) is 4.59. The summed E-state index contributed by atoms with van der Waals surface area (Å²) >= 11 is 0. The van der Waals surface area contributed by atoms with Gasteiger partial charge in [0.2, 0.25) is 0 Å². The van der Waals surface area contributed by atoms with E-state index in [1.807, 2.05) is 18.2 Å². The van der Waals surface area contributed by atoms with E-state index in [2.05, 4.69) is 152 Å². The lowest BCUT2D eigenvalue weighted by Crippen LogP contribution is -1.95. The van der Waals surface area contributed by atoms with Crippen LogP contribution < -0.4 is 0 Å². The van der Waals surface area contributed by atoms with Gasteiger partial charge in [0.05, 0.1) is 11.2 Å². The first kappa shape index (κ1) is 27.5. The van der Waals surface area contributed by atoms with E-state index in [0.717, 1.165) is 71.6 Å². The maximum Gasteiger partial charge on any atom is 0.160 e. The van der Waals surface area contributed by atoms with Gasteiger partial charge in [-0.2, -0.15) is 0 Å². The Kier molecular flexibility index (Phi) is 6.18. The lowest BCUT2D eigenvalue weighted by Gasteiger charge is -2.12. The minimum Gasteiger partial charge on any atom is -0.455 e. The van der Waals surface area contributed by atoms with Crippen LogP contribution in [0.15, 0.2) is 174 Å². The fraction of sp³-hybridized carbons (Fsp3) is 0. The summed E-state index contributed by atoms with van der Waals surface area (Å²) in [5.41, 5.74) is 10.1. The molecule has 228 valence electrons. The zero-order valence-corrected chi connectivity index (χ0v) is 26.5. The van der Waals surface area contributed by atoms with Gasteiger partial charge in [0.15, 0.2) is 5.82 Å². The van der Waals surface area contributed by atoms with Gasteiger partial charge in [-0.15, -0.1) is 0 Å². The quantitative estimate of drug-likeness (QED) is 0.196. The number of aromatic nitrogens is 2. The van der Waals surface area contributed by atoms with Crippen molar-refractivity contribution in [3.63, 3.8) is 0 Å². The molecule has 0 unspecified atom stereocenters. The maximum absolute atomic E-state index is 6.77. The number of para-hydroxylation sites is 1. The van der Waals surface area contributed by atoms with Crippen LogP contribution in [0.2, 0.25) is 0 Å². The highest BCUT2D eigenvalue weighted by atomic mass is 16.3. The molecule has 0 saturated carbocycles. The van der Waals surface area contributed by atoms with Crippen LogP contribution in [0.5, 0.6) is 0 Å². The fourth-order valence-corrected chi connectivity index (χ4v) is 7.22. The lowest BCUT2D eigenvalue weighted by molar-refractivity contribution is 0.673. The first-order chi connectivity index (χ1) is 24.3. The van der Waals surface area contributed by atoms with Gasteiger partial charge in [0.1, 0.15) is 11.2 Å². The van der Waals surface area contributed by atoms with E-state index in [9.17, 15) is 0 Å². The summed E-state index contributed by atoms with van der Waals surface area (Å²) in [5.74, 6) is 0.666. The van der Waals surface area contributed by atoms with Crippen molar-refractivity contribution in [3.8, 4) is 44.9 Å². The Hall–Kier alpha value is -6.58. The van der Waals surface area contributed by atoms with E-state index in [0.29, 0.717) is 5.82 Å². The van der Waals surface area contributed by atoms with Gasteiger partial charge in [0, 0.05) is 32.7 Å². The molecule has 8 aromatic carbocycles. The molecule has 3 nitrogen and oxygen atoms in total. The molecule has 2 heterocycles. The van der Waals surface area contributed by atoms with Crippen molar-refractivity contribution in [1.29, 1.82) is 0 Å². The number of benzene rings is 8. The number of hydrogen-bond acceptors (Lipinski definition) is 3. The van der Waals surface area contributed by atoms with Gasteiger partial charge in [-0.05, 0) is 68.7 Å². The first-order valence-electron chi connectivity index (χ1n) is 16.6. The molecule has 0 amide bonds. The summed E-state index contributed by atoms with van der Waals surface area (Å²) < 4.78 is 6.77. The lowest BCUT2D eigenvalue weighted by atomic mass is 9.94. The number of rotatable bonds is 4. The predicted octanol–water partition coefficient (Wildman–Crippen LogP) is 12.5. The van der Waals surface area contributed by atoms with Crippen molar-refractivity contribution < 1.29 is 4.42 Å². The fourth-order valence-electron chi connectivity index (χ4n) is 7.22. The third-order valence-corrected chi connectivity index (χ3v) is 9.65. The molecule has 0 saturated heterocycles. The second kappa shape index (κ2) is 11.0. The Balaban J connectivity index is 1.20. The molecule has 10 aromatic rings. The Labute approximate surface area is 282 Å². The first-order valence-corrected chi connectivity index (χ1v) is 16.6. The van der Waals surface area contributed by atoms with E-state index in [1.165, 1.54) is 21.9 Å². The Morgan fingerprint density at radius 1 is 0.388 bits per heavy atom. The van der Waals surface area contributed by atoms with E-state index in [1.54, 1.807) is 0 Å². The number of hydrogen-bond donors (Lipinski definition) is 0. The van der Waals surface area contributed by atoms with E-state index >= 15 is 0 Å². The van der Waals surface area contributed by atoms with Crippen LogP contribution in [-0.2, 0) is 0 Å². The van der Waals surface area contributed by atoms with Crippen LogP contribution in [0, 0.1) is 0 Å². The average Bonchev–Trinajstić information content (AvgIpc) is 3.57. The molecular weight excluding hydrogens is 597 g/mol. The molecule has 0 fully saturated rings. The molecule has 0 aliphatic rings. The van der Waals surface area contributed by atoms with Crippen LogP contribution >= 0.6 is 0 Å². The van der Waals surface area contributed by atoms with Crippen molar-refractivity contribution in [2.24, 2.45) is 0 Å². The van der Waals surface area contributed by atoms with Gasteiger partial charge in [-0.3, -0.25) is 0 Å². The molecule has 0 aliphatic carbocycles. The molecule has 10 rings (SSSR count). The van der Waals surface area contributed by atoms with Gasteiger partial charge in [0.25, 0.3) is 0 Å². The summed E-state index contributed by atoms with van der Waals surface area (Å²) in [6.07, 6.45) is 0. The third-order valence-electron chi connectivity index (χ3n) is 9.65. The van der Waals surface area contributed by atoms with Crippen LogP contribution in [0.3, 0.4) is 0 Å². The van der Waals surface area contributed by atoms with Crippen molar-refractivity contribution in [3.05, 3.63) is 170 Å². The zero-order chi connectivity index (χ0) is 32.3. The summed E-state index contributed by atoms with van der Waals surface area (Å²) in [5, 5.41) is 7.95. The van der Waals surface area contributed by atoms with Crippen molar-refractivity contribution in [1.82, 2.24) is 9.97 Å². The summed E-state index contributed by atoms with van der Waals surface area (Å²) in [6, 6.07) is 59.7. The van der Waals surface area contributed by atoms with Crippen molar-refractivity contribution in [2.75, 3.05) is 0 Å². The molecule has 0 spiro atoms. The minimum absolute atomic E-state index is 0.666. The summed E-state index contributed by atoms with van der Waals surface area (Å²) in [7, 11) is 0. The molecule has 49 heavy (non-hydrogen) atoms. The standard InChI is InChI=1S/C46H28N2O/c1-2-12-33(13-3-1)44-38-16-8-9-17-41(38)47-46(48-44)36-27-40(43-39-25-24-31-11-6-7-15-37(31)45(39)49-42(43)28-36)32-21-18-30(19-22-32)35-23-20-29-10-4-5-14-34(29)26-35/h1-28H. The Bertz CT molecular complexity index is 2870. The van der Waals surface area contributed by atoms with Crippen LogP contribution in [0.4, 0.5) is 0 Å². The second-order valence-corrected chi connectivity index (χ2v) is 12.6. The number of furan rings is 1. The summed E-state index contributed by atoms with van der Waals surface area (Å²) in [6.45, 7) is 0. The highest BCUT2D eigenvalue weighted by molar-refractivity contribution is 6.19. The molecule has 0 aliphatic heterocycles. The van der Waals surface area contributed by atoms with Crippen molar-refractivity contribution in [2.45, 2.75) is 0 Å². The number of fused-ring (bicyclic) bond motifs is 7. The van der Waals surface area contributed by atoms with Gasteiger partial charge in [-0.25, -0.2) is 9.97 Å². The second-order valence-electron chi connectivity index (χ2n) is 12.6. The number of nitrogens with zero attached hydrogens (tertiary/aromatic N) is 2. The van der Waals surface area contributed by atoms with Crippen molar-refractivity contribution >= 4 is 54.4 Å². The van der Waals surface area contributed by atoms with Crippen LogP contribution in [-0.4, -0.2) is 9.97 Å².